The quantitative estimate of drug-likeness (QED) is 0.749. The largest absolute Gasteiger partial charge is 0.433 e. The van der Waals surface area contributed by atoms with Gasteiger partial charge < -0.3 is 15.0 Å². The van der Waals surface area contributed by atoms with E-state index in [1.54, 1.807) is 13.0 Å². The molecular formula is C16H16F3N7O. The van der Waals surface area contributed by atoms with Crippen LogP contribution in [0.3, 0.4) is 0 Å². The molecule has 0 saturated carbocycles. The Hall–Kier alpha value is -2.95. The molecule has 0 aliphatic carbocycles. The van der Waals surface area contributed by atoms with Crippen molar-refractivity contribution in [1.82, 2.24) is 24.6 Å². The van der Waals surface area contributed by atoms with Gasteiger partial charge in [0.15, 0.2) is 5.69 Å². The van der Waals surface area contributed by atoms with Crippen molar-refractivity contribution in [2.45, 2.75) is 13.1 Å². The molecule has 0 radical (unpaired) electrons. The maximum absolute atomic E-state index is 13.1. The molecule has 1 N–H and O–H groups in total. The van der Waals surface area contributed by atoms with Crippen LogP contribution in [0.25, 0.3) is 5.78 Å². The molecule has 0 atom stereocenters. The normalized spacial score (nSPS) is 15.3. The van der Waals surface area contributed by atoms with Gasteiger partial charge in [0.1, 0.15) is 18.0 Å². The Labute approximate surface area is 152 Å². The topological polar surface area (TPSA) is 80.5 Å². The van der Waals surface area contributed by atoms with Gasteiger partial charge in [-0.1, -0.05) is 0 Å². The molecule has 11 heteroatoms. The summed E-state index contributed by atoms with van der Waals surface area (Å²) < 4.78 is 45.9. The summed E-state index contributed by atoms with van der Waals surface area (Å²) in [4.78, 5) is 13.9. The van der Waals surface area contributed by atoms with Crippen molar-refractivity contribution in [3.8, 4) is 0 Å². The first-order valence-electron chi connectivity index (χ1n) is 8.27. The van der Waals surface area contributed by atoms with Gasteiger partial charge in [-0.25, -0.2) is 9.97 Å². The van der Waals surface area contributed by atoms with Crippen LogP contribution in [0.2, 0.25) is 0 Å². The van der Waals surface area contributed by atoms with Crippen molar-refractivity contribution in [1.29, 1.82) is 0 Å². The zero-order valence-electron chi connectivity index (χ0n) is 14.4. The highest BCUT2D eigenvalue weighted by Crippen LogP contribution is 2.31. The van der Waals surface area contributed by atoms with Gasteiger partial charge in [-0.3, -0.25) is 0 Å². The summed E-state index contributed by atoms with van der Waals surface area (Å²) in [7, 11) is 0. The predicted molar refractivity (Wildman–Crippen MR) is 91.1 cm³/mol. The summed E-state index contributed by atoms with van der Waals surface area (Å²) in [6.45, 7) is 4.57. The fourth-order valence-corrected chi connectivity index (χ4v) is 2.83. The van der Waals surface area contributed by atoms with Gasteiger partial charge >= 0.3 is 6.18 Å². The van der Waals surface area contributed by atoms with Gasteiger partial charge in [0.25, 0.3) is 5.78 Å². The summed E-state index contributed by atoms with van der Waals surface area (Å²) in [6.07, 6.45) is -3.43. The second kappa shape index (κ2) is 6.65. The van der Waals surface area contributed by atoms with E-state index in [0.717, 1.165) is 31.3 Å². The Balaban J connectivity index is 1.66. The van der Waals surface area contributed by atoms with Gasteiger partial charge in [0, 0.05) is 19.2 Å². The SMILES string of the molecule is Cc1nc(N2CCOCC2)ccc1Nc1cc(C(F)(F)F)nc2ncnn12. The molecule has 27 heavy (non-hydrogen) atoms. The number of fused-ring (bicyclic) bond motifs is 1. The summed E-state index contributed by atoms with van der Waals surface area (Å²) in [5, 5.41) is 6.89. The first kappa shape index (κ1) is 17.5. The van der Waals surface area contributed by atoms with Gasteiger partial charge in [-0.2, -0.15) is 27.8 Å². The molecule has 1 saturated heterocycles. The molecule has 3 aromatic rings. The van der Waals surface area contributed by atoms with E-state index >= 15 is 0 Å². The summed E-state index contributed by atoms with van der Waals surface area (Å²) in [5.41, 5.74) is 0.182. The van der Waals surface area contributed by atoms with Gasteiger partial charge in [0.05, 0.1) is 24.6 Å². The lowest BCUT2D eigenvalue weighted by Gasteiger charge is -2.28. The number of morpholine rings is 1. The number of pyridine rings is 1. The number of nitrogens with zero attached hydrogens (tertiary/aromatic N) is 6. The maximum atomic E-state index is 13.1. The lowest BCUT2D eigenvalue weighted by molar-refractivity contribution is -0.141. The van der Waals surface area contributed by atoms with Crippen LogP contribution in [0, 0.1) is 6.92 Å². The molecule has 0 amide bonds. The molecule has 0 bridgehead atoms. The number of anilines is 3. The fourth-order valence-electron chi connectivity index (χ4n) is 2.83. The zero-order valence-corrected chi connectivity index (χ0v) is 14.4. The van der Waals surface area contributed by atoms with Crippen LogP contribution in [0.5, 0.6) is 0 Å². The highest BCUT2D eigenvalue weighted by Gasteiger charge is 2.34. The smallest absolute Gasteiger partial charge is 0.378 e. The van der Waals surface area contributed by atoms with E-state index in [4.69, 9.17) is 4.74 Å². The van der Waals surface area contributed by atoms with Crippen molar-refractivity contribution < 1.29 is 17.9 Å². The predicted octanol–water partition coefficient (Wildman–Crippen LogP) is 2.43. The van der Waals surface area contributed by atoms with Crippen LogP contribution < -0.4 is 10.2 Å². The van der Waals surface area contributed by atoms with E-state index < -0.39 is 11.9 Å². The van der Waals surface area contributed by atoms with E-state index in [0.29, 0.717) is 24.6 Å². The van der Waals surface area contributed by atoms with Crippen molar-refractivity contribution >= 4 is 23.1 Å². The Bertz CT molecular complexity index is 966. The van der Waals surface area contributed by atoms with Crippen LogP contribution in [0.1, 0.15) is 11.4 Å². The molecule has 1 aliphatic rings. The van der Waals surface area contributed by atoms with Crippen molar-refractivity contribution in [2.75, 3.05) is 36.5 Å². The minimum atomic E-state index is -4.59. The number of hydrogen-bond donors (Lipinski definition) is 1. The van der Waals surface area contributed by atoms with Gasteiger partial charge in [-0.15, -0.1) is 0 Å². The molecule has 1 fully saturated rings. The first-order chi connectivity index (χ1) is 12.9. The van der Waals surface area contributed by atoms with E-state index in [2.05, 4.69) is 30.3 Å². The molecule has 4 heterocycles. The maximum Gasteiger partial charge on any atom is 0.433 e. The third-order valence-electron chi connectivity index (χ3n) is 4.21. The van der Waals surface area contributed by atoms with Crippen LogP contribution in [0.4, 0.5) is 30.5 Å². The van der Waals surface area contributed by atoms with E-state index in [1.165, 1.54) is 4.52 Å². The average Bonchev–Trinajstić information content (AvgIpc) is 3.12. The summed E-state index contributed by atoms with van der Waals surface area (Å²) >= 11 is 0. The number of alkyl halides is 3. The molecule has 3 aromatic heterocycles. The molecule has 0 unspecified atom stereocenters. The van der Waals surface area contributed by atoms with Crippen LogP contribution in [-0.2, 0) is 10.9 Å². The van der Waals surface area contributed by atoms with E-state index in [1.807, 2.05) is 6.07 Å². The van der Waals surface area contributed by atoms with Crippen molar-refractivity contribution in [3.63, 3.8) is 0 Å². The number of hydrogen-bond acceptors (Lipinski definition) is 7. The highest BCUT2D eigenvalue weighted by molar-refractivity contribution is 5.63. The Kier molecular flexibility index (Phi) is 4.30. The first-order valence-corrected chi connectivity index (χ1v) is 8.27. The van der Waals surface area contributed by atoms with Crippen LogP contribution >= 0.6 is 0 Å². The van der Waals surface area contributed by atoms with Gasteiger partial charge in [0.2, 0.25) is 0 Å². The highest BCUT2D eigenvalue weighted by atomic mass is 19.4. The Morgan fingerprint density at radius 2 is 1.93 bits per heavy atom. The lowest BCUT2D eigenvalue weighted by Crippen LogP contribution is -2.36. The lowest BCUT2D eigenvalue weighted by atomic mass is 10.2. The van der Waals surface area contributed by atoms with Crippen LogP contribution in [-0.4, -0.2) is 50.9 Å². The number of aryl methyl sites for hydroxylation is 1. The second-order valence-electron chi connectivity index (χ2n) is 6.02. The third-order valence-corrected chi connectivity index (χ3v) is 4.21. The minimum Gasteiger partial charge on any atom is -0.378 e. The molecule has 0 aromatic carbocycles. The summed E-state index contributed by atoms with van der Waals surface area (Å²) in [6, 6.07) is 4.51. The zero-order chi connectivity index (χ0) is 19.0. The van der Waals surface area contributed by atoms with Crippen molar-refractivity contribution in [3.05, 3.63) is 35.9 Å². The standard InChI is InChI=1S/C16H16F3N7O/c1-10-11(2-3-13(22-10)25-4-6-27-7-5-25)23-14-8-12(16(17,18)19)24-15-20-9-21-26(14)15/h2-3,8-9,23H,4-7H2,1H3. The molecule has 142 valence electrons. The molecule has 4 rings (SSSR count). The monoisotopic (exact) mass is 379 g/mol. The number of rotatable bonds is 3. The Morgan fingerprint density at radius 1 is 1.15 bits per heavy atom. The second-order valence-corrected chi connectivity index (χ2v) is 6.02. The van der Waals surface area contributed by atoms with Crippen LogP contribution in [0.15, 0.2) is 24.5 Å². The number of nitrogens with one attached hydrogen (secondary N) is 1. The Morgan fingerprint density at radius 3 is 2.63 bits per heavy atom. The number of ether oxygens (including phenoxy) is 1. The number of halogens is 3. The minimum absolute atomic E-state index is 0.105. The molecule has 1 aliphatic heterocycles. The molecule has 8 nitrogen and oxygen atoms in total. The summed E-state index contributed by atoms with van der Waals surface area (Å²) in [5.74, 6) is 0.773. The van der Waals surface area contributed by atoms with E-state index in [-0.39, 0.29) is 11.6 Å². The third kappa shape index (κ3) is 3.50. The molecule has 0 spiro atoms. The van der Waals surface area contributed by atoms with Gasteiger partial charge in [-0.05, 0) is 19.1 Å². The van der Waals surface area contributed by atoms with Crippen molar-refractivity contribution in [2.24, 2.45) is 0 Å². The number of aromatic nitrogens is 5. The molecular weight excluding hydrogens is 363 g/mol. The average molecular weight is 379 g/mol. The fraction of sp³-hybridized carbons (Fsp3) is 0.375. The van der Waals surface area contributed by atoms with E-state index in [9.17, 15) is 13.2 Å².